The molecule has 1 unspecified atom stereocenters. The van der Waals surface area contributed by atoms with Crippen LogP contribution < -0.4 is 5.73 Å². The van der Waals surface area contributed by atoms with E-state index < -0.39 is 0 Å². The van der Waals surface area contributed by atoms with Gasteiger partial charge in [0, 0.05) is 5.92 Å². The molecule has 0 fully saturated rings. The zero-order valence-corrected chi connectivity index (χ0v) is 9.16. The van der Waals surface area contributed by atoms with Crippen molar-refractivity contribution in [3.8, 4) is 0 Å². The predicted molar refractivity (Wildman–Crippen MR) is 54.8 cm³/mol. The molecule has 0 aromatic carbocycles. The SMILES string of the molecule is CCC(N)c1noc(C(CC)CC)n1. The van der Waals surface area contributed by atoms with Crippen LogP contribution in [-0.2, 0) is 0 Å². The molecule has 14 heavy (non-hydrogen) atoms. The van der Waals surface area contributed by atoms with E-state index in [9.17, 15) is 0 Å². The summed E-state index contributed by atoms with van der Waals surface area (Å²) in [5.74, 6) is 1.74. The number of hydrogen-bond donors (Lipinski definition) is 1. The van der Waals surface area contributed by atoms with Crippen molar-refractivity contribution in [2.24, 2.45) is 5.73 Å². The molecule has 1 atom stereocenters. The quantitative estimate of drug-likeness (QED) is 0.787. The van der Waals surface area contributed by atoms with Crippen LogP contribution in [0.1, 0.15) is 63.7 Å². The van der Waals surface area contributed by atoms with Crippen molar-refractivity contribution in [2.75, 3.05) is 0 Å². The van der Waals surface area contributed by atoms with Crippen LogP contribution >= 0.6 is 0 Å². The van der Waals surface area contributed by atoms with Crippen LogP contribution in [0, 0.1) is 0 Å². The molecule has 0 aliphatic carbocycles. The van der Waals surface area contributed by atoms with E-state index in [0.717, 1.165) is 25.2 Å². The van der Waals surface area contributed by atoms with E-state index in [-0.39, 0.29) is 6.04 Å². The van der Waals surface area contributed by atoms with Crippen LogP contribution in [0.3, 0.4) is 0 Å². The van der Waals surface area contributed by atoms with Crippen molar-refractivity contribution in [1.29, 1.82) is 0 Å². The second kappa shape index (κ2) is 5.10. The van der Waals surface area contributed by atoms with Gasteiger partial charge >= 0.3 is 0 Å². The maximum Gasteiger partial charge on any atom is 0.229 e. The van der Waals surface area contributed by atoms with Crippen molar-refractivity contribution in [3.05, 3.63) is 11.7 Å². The molecule has 0 bridgehead atoms. The Morgan fingerprint density at radius 2 is 1.86 bits per heavy atom. The summed E-state index contributed by atoms with van der Waals surface area (Å²) in [6.07, 6.45) is 2.89. The van der Waals surface area contributed by atoms with Gasteiger partial charge in [-0.1, -0.05) is 25.9 Å². The van der Waals surface area contributed by atoms with Crippen LogP contribution in [-0.4, -0.2) is 10.1 Å². The maximum absolute atomic E-state index is 5.81. The van der Waals surface area contributed by atoms with Gasteiger partial charge in [0.25, 0.3) is 0 Å². The molecule has 2 N–H and O–H groups in total. The summed E-state index contributed by atoms with van der Waals surface area (Å²) >= 11 is 0. The fraction of sp³-hybridized carbons (Fsp3) is 0.800. The van der Waals surface area contributed by atoms with E-state index in [1.54, 1.807) is 0 Å². The van der Waals surface area contributed by atoms with Gasteiger partial charge in [0.1, 0.15) is 0 Å². The van der Waals surface area contributed by atoms with Crippen LogP contribution in [0.5, 0.6) is 0 Å². The first kappa shape index (κ1) is 11.2. The van der Waals surface area contributed by atoms with Crippen molar-refractivity contribution < 1.29 is 4.52 Å². The van der Waals surface area contributed by atoms with Gasteiger partial charge in [-0.15, -0.1) is 0 Å². The zero-order chi connectivity index (χ0) is 10.6. The zero-order valence-electron chi connectivity index (χ0n) is 9.16. The van der Waals surface area contributed by atoms with Crippen molar-refractivity contribution in [2.45, 2.75) is 52.0 Å². The molecule has 0 saturated heterocycles. The molecule has 1 rings (SSSR count). The number of rotatable bonds is 5. The highest BCUT2D eigenvalue weighted by Crippen LogP contribution is 2.22. The van der Waals surface area contributed by atoms with E-state index in [1.807, 2.05) is 6.92 Å². The van der Waals surface area contributed by atoms with E-state index in [2.05, 4.69) is 24.0 Å². The lowest BCUT2D eigenvalue weighted by molar-refractivity contribution is 0.340. The summed E-state index contributed by atoms with van der Waals surface area (Å²) in [4.78, 5) is 4.32. The minimum absolute atomic E-state index is 0.0955. The van der Waals surface area contributed by atoms with Crippen LogP contribution in [0.25, 0.3) is 0 Å². The minimum atomic E-state index is -0.0955. The van der Waals surface area contributed by atoms with E-state index >= 15 is 0 Å². The van der Waals surface area contributed by atoms with Crippen molar-refractivity contribution in [1.82, 2.24) is 10.1 Å². The fourth-order valence-electron chi connectivity index (χ4n) is 1.38. The summed E-state index contributed by atoms with van der Waals surface area (Å²) < 4.78 is 5.19. The smallest absolute Gasteiger partial charge is 0.229 e. The third kappa shape index (κ3) is 2.32. The minimum Gasteiger partial charge on any atom is -0.339 e. The number of hydrogen-bond acceptors (Lipinski definition) is 4. The molecule has 0 spiro atoms. The Balaban J connectivity index is 2.76. The summed E-state index contributed by atoms with van der Waals surface area (Å²) in [6.45, 7) is 6.26. The molecule has 80 valence electrons. The molecule has 0 amide bonds. The molecule has 0 saturated carbocycles. The average molecular weight is 197 g/mol. The number of aromatic nitrogens is 2. The molecular weight excluding hydrogens is 178 g/mol. The number of nitrogens with zero attached hydrogens (tertiary/aromatic N) is 2. The summed E-state index contributed by atoms with van der Waals surface area (Å²) in [7, 11) is 0. The molecule has 1 aromatic heterocycles. The van der Waals surface area contributed by atoms with E-state index in [1.165, 1.54) is 0 Å². The highest BCUT2D eigenvalue weighted by Gasteiger charge is 2.17. The molecule has 0 aliphatic rings. The van der Waals surface area contributed by atoms with Gasteiger partial charge < -0.3 is 10.3 Å². The summed E-state index contributed by atoms with van der Waals surface area (Å²) in [5.41, 5.74) is 5.81. The van der Waals surface area contributed by atoms with Crippen molar-refractivity contribution in [3.63, 3.8) is 0 Å². The predicted octanol–water partition coefficient (Wildman–Crippen LogP) is 2.38. The molecule has 4 heteroatoms. The first-order valence-corrected chi connectivity index (χ1v) is 5.31. The Kier molecular flexibility index (Phi) is 4.07. The lowest BCUT2D eigenvalue weighted by Crippen LogP contribution is -2.10. The highest BCUT2D eigenvalue weighted by molar-refractivity contribution is 4.96. The molecule has 1 aromatic rings. The fourth-order valence-corrected chi connectivity index (χ4v) is 1.38. The first-order valence-electron chi connectivity index (χ1n) is 5.31. The first-order chi connectivity index (χ1) is 6.72. The topological polar surface area (TPSA) is 64.9 Å². The van der Waals surface area contributed by atoms with Gasteiger partial charge in [0.05, 0.1) is 6.04 Å². The van der Waals surface area contributed by atoms with E-state index in [4.69, 9.17) is 10.3 Å². The molecule has 4 nitrogen and oxygen atoms in total. The summed E-state index contributed by atoms with van der Waals surface area (Å²) in [6, 6.07) is -0.0955. The monoisotopic (exact) mass is 197 g/mol. The second-order valence-corrected chi connectivity index (χ2v) is 3.52. The second-order valence-electron chi connectivity index (χ2n) is 3.52. The Morgan fingerprint density at radius 3 is 2.36 bits per heavy atom. The third-order valence-electron chi connectivity index (χ3n) is 2.56. The van der Waals surface area contributed by atoms with Gasteiger partial charge in [-0.25, -0.2) is 0 Å². The van der Waals surface area contributed by atoms with Crippen LogP contribution in [0.2, 0.25) is 0 Å². The standard InChI is InChI=1S/C10H19N3O/c1-4-7(5-2)10-12-9(13-14-10)8(11)6-3/h7-8H,4-6,11H2,1-3H3. The molecule has 1 heterocycles. The Bertz CT molecular complexity index is 268. The highest BCUT2D eigenvalue weighted by atomic mass is 16.5. The number of nitrogens with two attached hydrogens (primary N) is 1. The Labute approximate surface area is 84.9 Å². The van der Waals surface area contributed by atoms with Crippen LogP contribution in [0.4, 0.5) is 0 Å². The van der Waals surface area contributed by atoms with Gasteiger partial charge in [0.15, 0.2) is 5.82 Å². The molecule has 0 radical (unpaired) electrons. The van der Waals surface area contributed by atoms with Gasteiger partial charge in [-0.05, 0) is 19.3 Å². The summed E-state index contributed by atoms with van der Waals surface area (Å²) in [5, 5.41) is 3.89. The maximum atomic E-state index is 5.81. The van der Waals surface area contributed by atoms with Gasteiger partial charge in [-0.2, -0.15) is 4.98 Å². The largest absolute Gasteiger partial charge is 0.339 e. The van der Waals surface area contributed by atoms with Crippen molar-refractivity contribution >= 4 is 0 Å². The van der Waals surface area contributed by atoms with Gasteiger partial charge in [-0.3, -0.25) is 0 Å². The third-order valence-corrected chi connectivity index (χ3v) is 2.56. The normalized spacial score (nSPS) is 13.5. The van der Waals surface area contributed by atoms with Gasteiger partial charge in [0.2, 0.25) is 5.89 Å². The lowest BCUT2D eigenvalue weighted by Gasteiger charge is -2.04. The Morgan fingerprint density at radius 1 is 1.21 bits per heavy atom. The average Bonchev–Trinajstić information content (AvgIpc) is 2.68. The lowest BCUT2D eigenvalue weighted by atomic mass is 10.0. The molecular formula is C10H19N3O. The van der Waals surface area contributed by atoms with E-state index in [0.29, 0.717) is 11.7 Å². The van der Waals surface area contributed by atoms with Crippen LogP contribution in [0.15, 0.2) is 4.52 Å². The Hall–Kier alpha value is -0.900. The molecule has 0 aliphatic heterocycles.